The molecule has 3 heteroatoms. The van der Waals surface area contributed by atoms with Crippen molar-refractivity contribution in [3.05, 3.63) is 71.3 Å². The first kappa shape index (κ1) is 14.2. The predicted molar refractivity (Wildman–Crippen MR) is 74.0 cm³/mol. The summed E-state index contributed by atoms with van der Waals surface area (Å²) in [5.41, 5.74) is 0.263. The second-order valence-corrected chi connectivity index (χ2v) is 5.09. The molecule has 0 aliphatic carbocycles. The summed E-state index contributed by atoms with van der Waals surface area (Å²) in [5.74, 6) is -0.826. The molecule has 0 aliphatic heterocycles. The maximum atomic E-state index is 13.5. The molecule has 2 aromatic carbocycles. The Kier molecular flexibility index (Phi) is 3.85. The van der Waals surface area contributed by atoms with E-state index in [0.29, 0.717) is 11.1 Å². The van der Waals surface area contributed by atoms with Gasteiger partial charge in [0.1, 0.15) is 17.0 Å². The fourth-order valence-corrected chi connectivity index (χ4v) is 2.54. The topological polar surface area (TPSA) is 23.8 Å². The summed E-state index contributed by atoms with van der Waals surface area (Å²) >= 11 is 0. The Balaban J connectivity index is 2.69. The minimum absolute atomic E-state index is 0.0836. The maximum Gasteiger partial charge on any atom is 0.123 e. The van der Waals surface area contributed by atoms with Crippen molar-refractivity contribution in [3.8, 4) is 6.07 Å². The minimum Gasteiger partial charge on any atom is -0.207 e. The van der Waals surface area contributed by atoms with Gasteiger partial charge in [-0.25, -0.2) is 8.78 Å². The highest BCUT2D eigenvalue weighted by molar-refractivity contribution is 5.46. The van der Waals surface area contributed by atoms with E-state index >= 15 is 0 Å². The number of hydrogen-bond acceptors (Lipinski definition) is 1. The SMILES string of the molecule is CC(C)C(C#N)(c1ccc(F)cc1)c1cccc(F)c1. The van der Waals surface area contributed by atoms with Crippen LogP contribution in [0.1, 0.15) is 25.0 Å². The van der Waals surface area contributed by atoms with Gasteiger partial charge >= 0.3 is 0 Å². The van der Waals surface area contributed by atoms with Gasteiger partial charge in [-0.05, 0) is 41.3 Å². The zero-order chi connectivity index (χ0) is 14.8. The lowest BCUT2D eigenvalue weighted by Crippen LogP contribution is -2.32. The second-order valence-electron chi connectivity index (χ2n) is 5.09. The number of benzene rings is 2. The number of nitriles is 1. The molecule has 0 radical (unpaired) electrons. The summed E-state index contributed by atoms with van der Waals surface area (Å²) in [6.07, 6.45) is 0. The van der Waals surface area contributed by atoms with E-state index < -0.39 is 5.41 Å². The normalized spacial score (nSPS) is 13.8. The number of nitrogens with zero attached hydrogens (tertiary/aromatic N) is 1. The highest BCUT2D eigenvalue weighted by atomic mass is 19.1. The number of rotatable bonds is 3. The molecule has 20 heavy (non-hydrogen) atoms. The lowest BCUT2D eigenvalue weighted by Gasteiger charge is -2.32. The predicted octanol–water partition coefficient (Wildman–Crippen LogP) is 4.43. The fourth-order valence-electron chi connectivity index (χ4n) is 2.54. The first-order chi connectivity index (χ1) is 9.50. The molecule has 0 fully saturated rings. The van der Waals surface area contributed by atoms with Crippen molar-refractivity contribution in [1.82, 2.24) is 0 Å². The highest BCUT2D eigenvalue weighted by Crippen LogP contribution is 2.39. The van der Waals surface area contributed by atoms with Gasteiger partial charge in [-0.2, -0.15) is 5.26 Å². The molecule has 0 amide bonds. The van der Waals surface area contributed by atoms with Crippen LogP contribution in [0.2, 0.25) is 0 Å². The average Bonchev–Trinajstić information content (AvgIpc) is 2.42. The Morgan fingerprint density at radius 2 is 1.60 bits per heavy atom. The molecule has 0 aliphatic rings. The number of hydrogen-bond donors (Lipinski definition) is 0. The summed E-state index contributed by atoms with van der Waals surface area (Å²) in [4.78, 5) is 0. The second kappa shape index (κ2) is 5.42. The highest BCUT2D eigenvalue weighted by Gasteiger charge is 2.38. The molecule has 2 rings (SSSR count). The fraction of sp³-hybridized carbons (Fsp3) is 0.235. The van der Waals surface area contributed by atoms with Crippen LogP contribution >= 0.6 is 0 Å². The Morgan fingerprint density at radius 1 is 0.950 bits per heavy atom. The zero-order valence-corrected chi connectivity index (χ0v) is 11.4. The van der Waals surface area contributed by atoms with Crippen LogP contribution in [0.4, 0.5) is 8.78 Å². The molecular formula is C17H15F2N. The van der Waals surface area contributed by atoms with E-state index in [0.717, 1.165) is 0 Å². The van der Waals surface area contributed by atoms with Crippen LogP contribution in [0, 0.1) is 28.9 Å². The average molecular weight is 271 g/mol. The molecule has 1 unspecified atom stereocenters. The van der Waals surface area contributed by atoms with Crippen molar-refractivity contribution in [1.29, 1.82) is 5.26 Å². The van der Waals surface area contributed by atoms with Crippen LogP contribution < -0.4 is 0 Å². The Labute approximate surface area is 117 Å². The third-order valence-corrected chi connectivity index (χ3v) is 3.62. The van der Waals surface area contributed by atoms with Gasteiger partial charge in [-0.3, -0.25) is 0 Å². The van der Waals surface area contributed by atoms with Crippen LogP contribution in [-0.2, 0) is 5.41 Å². The standard InChI is InChI=1S/C17H15F2N/c1-12(2)17(11-20,13-6-8-15(18)9-7-13)14-4-3-5-16(19)10-14/h3-10,12H,1-2H3. The summed E-state index contributed by atoms with van der Waals surface area (Å²) in [7, 11) is 0. The van der Waals surface area contributed by atoms with Crippen LogP contribution in [0.3, 0.4) is 0 Å². The van der Waals surface area contributed by atoms with Gasteiger partial charge in [0.2, 0.25) is 0 Å². The van der Waals surface area contributed by atoms with Crippen molar-refractivity contribution in [2.75, 3.05) is 0 Å². The molecular weight excluding hydrogens is 256 g/mol. The smallest absolute Gasteiger partial charge is 0.123 e. The number of halogens is 2. The van der Waals surface area contributed by atoms with E-state index in [1.165, 1.54) is 24.3 Å². The summed E-state index contributed by atoms with van der Waals surface area (Å²) < 4.78 is 26.6. The Morgan fingerprint density at radius 3 is 2.10 bits per heavy atom. The summed E-state index contributed by atoms with van der Waals surface area (Å²) in [5, 5.41) is 9.75. The minimum atomic E-state index is -0.990. The molecule has 0 heterocycles. The van der Waals surface area contributed by atoms with Gasteiger partial charge in [-0.1, -0.05) is 38.1 Å². The lowest BCUT2D eigenvalue weighted by atomic mass is 9.68. The first-order valence-corrected chi connectivity index (χ1v) is 6.44. The van der Waals surface area contributed by atoms with Crippen LogP contribution in [-0.4, -0.2) is 0 Å². The zero-order valence-electron chi connectivity index (χ0n) is 11.4. The molecule has 1 nitrogen and oxygen atoms in total. The first-order valence-electron chi connectivity index (χ1n) is 6.44. The van der Waals surface area contributed by atoms with Gasteiger partial charge in [-0.15, -0.1) is 0 Å². The summed E-state index contributed by atoms with van der Waals surface area (Å²) in [6.45, 7) is 3.80. The molecule has 0 bridgehead atoms. The third kappa shape index (κ3) is 2.30. The van der Waals surface area contributed by atoms with Gasteiger partial charge in [0.25, 0.3) is 0 Å². The molecule has 0 N–H and O–H groups in total. The van der Waals surface area contributed by atoms with E-state index in [4.69, 9.17) is 0 Å². The van der Waals surface area contributed by atoms with Crippen LogP contribution in [0.25, 0.3) is 0 Å². The van der Waals surface area contributed by atoms with E-state index in [1.807, 2.05) is 13.8 Å². The maximum absolute atomic E-state index is 13.5. The van der Waals surface area contributed by atoms with Crippen LogP contribution in [0.15, 0.2) is 48.5 Å². The van der Waals surface area contributed by atoms with Crippen molar-refractivity contribution >= 4 is 0 Å². The lowest BCUT2D eigenvalue weighted by molar-refractivity contribution is 0.460. The summed E-state index contributed by atoms with van der Waals surface area (Å²) in [6, 6.07) is 14.2. The van der Waals surface area contributed by atoms with Gasteiger partial charge in [0, 0.05) is 0 Å². The van der Waals surface area contributed by atoms with Crippen molar-refractivity contribution in [2.45, 2.75) is 19.3 Å². The van der Waals surface area contributed by atoms with Gasteiger partial charge in [0.15, 0.2) is 0 Å². The molecule has 0 saturated carbocycles. The van der Waals surface area contributed by atoms with Gasteiger partial charge in [0.05, 0.1) is 6.07 Å². The van der Waals surface area contributed by atoms with E-state index in [2.05, 4.69) is 6.07 Å². The van der Waals surface area contributed by atoms with Crippen LogP contribution in [0.5, 0.6) is 0 Å². The van der Waals surface area contributed by atoms with Gasteiger partial charge < -0.3 is 0 Å². The molecule has 1 atom stereocenters. The largest absolute Gasteiger partial charge is 0.207 e. The van der Waals surface area contributed by atoms with Crippen molar-refractivity contribution in [3.63, 3.8) is 0 Å². The van der Waals surface area contributed by atoms with Crippen molar-refractivity contribution in [2.24, 2.45) is 5.92 Å². The van der Waals surface area contributed by atoms with Crippen molar-refractivity contribution < 1.29 is 8.78 Å². The van der Waals surface area contributed by atoms with E-state index in [9.17, 15) is 14.0 Å². The molecule has 0 spiro atoms. The Hall–Kier alpha value is -2.21. The molecule has 2 aromatic rings. The molecule has 0 aromatic heterocycles. The molecule has 102 valence electrons. The van der Waals surface area contributed by atoms with E-state index in [1.54, 1.807) is 24.3 Å². The Bertz CT molecular complexity index is 641. The monoisotopic (exact) mass is 271 g/mol. The van der Waals surface area contributed by atoms with E-state index in [-0.39, 0.29) is 17.6 Å². The quantitative estimate of drug-likeness (QED) is 0.810. The third-order valence-electron chi connectivity index (χ3n) is 3.62. The molecule has 0 saturated heterocycles.